The smallest absolute Gasteiger partial charge is 0.321 e. The van der Waals surface area contributed by atoms with Gasteiger partial charge in [0, 0.05) is 38.7 Å². The average Bonchev–Trinajstić information content (AvgIpc) is 2.50. The Hall–Kier alpha value is -1.79. The van der Waals surface area contributed by atoms with Crippen molar-refractivity contribution in [1.29, 1.82) is 0 Å². The molecule has 2 rings (SSSR count). The number of piperidine rings is 1. The number of benzene rings is 1. The lowest BCUT2D eigenvalue weighted by molar-refractivity contribution is -0.114. The summed E-state index contributed by atoms with van der Waals surface area (Å²) in [5, 5.41) is 5.92. The van der Waals surface area contributed by atoms with Gasteiger partial charge in [-0.15, -0.1) is 0 Å². The number of hydrogen-bond acceptors (Lipinski definition) is 3. The molecule has 0 saturated carbocycles. The summed E-state index contributed by atoms with van der Waals surface area (Å²) >= 11 is 6.13. The van der Waals surface area contributed by atoms with E-state index < -0.39 is 0 Å². The maximum atomic E-state index is 12.4. The van der Waals surface area contributed by atoms with E-state index >= 15 is 0 Å². The monoisotopic (exact) mass is 339 g/mol. The molecular weight excluding hydrogens is 318 g/mol. The third-order valence-electron chi connectivity index (χ3n) is 3.74. The van der Waals surface area contributed by atoms with Gasteiger partial charge in [-0.25, -0.2) is 4.79 Å². The molecule has 0 unspecified atom stereocenters. The van der Waals surface area contributed by atoms with E-state index in [1.165, 1.54) is 6.92 Å². The highest BCUT2D eigenvalue weighted by molar-refractivity contribution is 6.33. The topological polar surface area (TPSA) is 70.7 Å². The minimum absolute atomic E-state index is 0.178. The van der Waals surface area contributed by atoms with E-state index in [9.17, 15) is 9.59 Å². The molecule has 126 valence electrons. The molecule has 0 aromatic heterocycles. The van der Waals surface area contributed by atoms with Gasteiger partial charge in [0.05, 0.1) is 17.3 Å². The van der Waals surface area contributed by atoms with Crippen molar-refractivity contribution in [2.75, 3.05) is 37.4 Å². The second-order valence-electron chi connectivity index (χ2n) is 5.72. The number of nitrogens with one attached hydrogen (secondary N) is 2. The zero-order valence-electron chi connectivity index (χ0n) is 13.4. The quantitative estimate of drug-likeness (QED) is 0.885. The summed E-state index contributed by atoms with van der Waals surface area (Å²) < 4.78 is 5.18. The highest BCUT2D eigenvalue weighted by atomic mass is 35.5. The molecule has 1 fully saturated rings. The first-order chi connectivity index (χ1) is 11.0. The highest BCUT2D eigenvalue weighted by Crippen LogP contribution is 2.26. The predicted molar refractivity (Wildman–Crippen MR) is 90.9 cm³/mol. The van der Waals surface area contributed by atoms with Crippen LogP contribution in [0.15, 0.2) is 18.2 Å². The Kier molecular flexibility index (Phi) is 6.24. The number of ether oxygens (including phenoxy) is 1. The van der Waals surface area contributed by atoms with Gasteiger partial charge < -0.3 is 20.3 Å². The second-order valence-corrected chi connectivity index (χ2v) is 6.12. The molecule has 1 aromatic rings. The van der Waals surface area contributed by atoms with Crippen molar-refractivity contribution in [2.45, 2.75) is 19.8 Å². The number of methoxy groups -OCH3 is 1. The van der Waals surface area contributed by atoms with E-state index in [1.807, 2.05) is 0 Å². The van der Waals surface area contributed by atoms with Crippen LogP contribution in [0.5, 0.6) is 0 Å². The summed E-state index contributed by atoms with van der Waals surface area (Å²) in [4.78, 5) is 25.3. The van der Waals surface area contributed by atoms with Crippen molar-refractivity contribution in [2.24, 2.45) is 5.92 Å². The molecule has 1 aliphatic rings. The molecule has 1 aromatic carbocycles. The zero-order chi connectivity index (χ0) is 16.8. The molecule has 2 N–H and O–H groups in total. The first kappa shape index (κ1) is 17.6. The summed E-state index contributed by atoms with van der Waals surface area (Å²) in [6.45, 7) is 3.47. The van der Waals surface area contributed by atoms with Crippen molar-refractivity contribution in [1.82, 2.24) is 4.90 Å². The number of halogens is 1. The standard InChI is InChI=1S/C16H22ClN3O3/c1-11(21)18-13-5-6-14(17)15(8-13)19-16(22)20-7-3-4-12(9-20)10-23-2/h5-6,8,12H,3-4,7,9-10H2,1-2H3,(H,18,21)(H,19,22)/t12-/m1/s1. The van der Waals surface area contributed by atoms with Crippen LogP contribution in [0, 0.1) is 5.92 Å². The fourth-order valence-corrected chi connectivity index (χ4v) is 2.88. The van der Waals surface area contributed by atoms with Gasteiger partial charge in [0.15, 0.2) is 0 Å². The van der Waals surface area contributed by atoms with Crippen LogP contribution in [0.1, 0.15) is 19.8 Å². The normalized spacial score (nSPS) is 17.7. The SMILES string of the molecule is COC[C@@H]1CCCN(C(=O)Nc2cc(NC(C)=O)ccc2Cl)C1. The van der Waals surface area contributed by atoms with Crippen LogP contribution >= 0.6 is 11.6 Å². The van der Waals surface area contributed by atoms with Gasteiger partial charge in [0.25, 0.3) is 0 Å². The molecule has 6 nitrogen and oxygen atoms in total. The minimum atomic E-state index is -0.187. The van der Waals surface area contributed by atoms with Gasteiger partial charge >= 0.3 is 6.03 Å². The van der Waals surface area contributed by atoms with E-state index in [4.69, 9.17) is 16.3 Å². The van der Waals surface area contributed by atoms with Crippen molar-refractivity contribution >= 4 is 34.9 Å². The third-order valence-corrected chi connectivity index (χ3v) is 4.07. The molecule has 23 heavy (non-hydrogen) atoms. The van der Waals surface area contributed by atoms with Crippen LogP contribution in [-0.2, 0) is 9.53 Å². The fraction of sp³-hybridized carbons (Fsp3) is 0.500. The molecule has 3 amide bonds. The van der Waals surface area contributed by atoms with Crippen LogP contribution in [-0.4, -0.2) is 43.6 Å². The number of carbonyl (C=O) groups excluding carboxylic acids is 2. The average molecular weight is 340 g/mol. The zero-order valence-corrected chi connectivity index (χ0v) is 14.2. The van der Waals surface area contributed by atoms with Crippen LogP contribution in [0.2, 0.25) is 5.02 Å². The Morgan fingerprint density at radius 2 is 2.17 bits per heavy atom. The summed E-state index contributed by atoms with van der Waals surface area (Å²) in [6.07, 6.45) is 2.03. The Morgan fingerprint density at radius 3 is 2.87 bits per heavy atom. The lowest BCUT2D eigenvalue weighted by Gasteiger charge is -2.32. The van der Waals surface area contributed by atoms with Gasteiger partial charge in [0.1, 0.15) is 0 Å². The van der Waals surface area contributed by atoms with Crippen LogP contribution in [0.25, 0.3) is 0 Å². The van der Waals surface area contributed by atoms with E-state index in [-0.39, 0.29) is 11.9 Å². The summed E-state index contributed by atoms with van der Waals surface area (Å²) in [7, 11) is 1.67. The Morgan fingerprint density at radius 1 is 1.39 bits per heavy atom. The van der Waals surface area contributed by atoms with Gasteiger partial charge in [-0.05, 0) is 31.0 Å². The van der Waals surface area contributed by atoms with Crippen molar-refractivity contribution in [3.63, 3.8) is 0 Å². The number of carbonyl (C=O) groups is 2. The maximum absolute atomic E-state index is 12.4. The molecule has 0 radical (unpaired) electrons. The minimum Gasteiger partial charge on any atom is -0.384 e. The molecule has 1 aliphatic heterocycles. The molecular formula is C16H22ClN3O3. The van der Waals surface area contributed by atoms with Crippen LogP contribution in [0.3, 0.4) is 0 Å². The molecule has 1 saturated heterocycles. The largest absolute Gasteiger partial charge is 0.384 e. The Bertz CT molecular complexity index is 578. The van der Waals surface area contributed by atoms with Gasteiger partial charge in [-0.1, -0.05) is 11.6 Å². The lowest BCUT2D eigenvalue weighted by atomic mass is 9.99. The van der Waals surface area contributed by atoms with Crippen LogP contribution in [0.4, 0.5) is 16.2 Å². The van der Waals surface area contributed by atoms with E-state index in [0.29, 0.717) is 35.5 Å². The number of rotatable bonds is 4. The first-order valence-electron chi connectivity index (χ1n) is 7.61. The molecule has 0 bridgehead atoms. The van der Waals surface area contributed by atoms with Gasteiger partial charge in [0.2, 0.25) is 5.91 Å². The summed E-state index contributed by atoms with van der Waals surface area (Å²) in [5.74, 6) is 0.184. The number of hydrogen-bond donors (Lipinski definition) is 2. The van der Waals surface area contributed by atoms with Crippen molar-refractivity contribution < 1.29 is 14.3 Å². The number of nitrogens with zero attached hydrogens (tertiary/aromatic N) is 1. The first-order valence-corrected chi connectivity index (χ1v) is 7.99. The van der Waals surface area contributed by atoms with Crippen LogP contribution < -0.4 is 10.6 Å². The molecule has 0 aliphatic carbocycles. The fourth-order valence-electron chi connectivity index (χ4n) is 2.72. The number of likely N-dealkylation sites (tertiary alicyclic amines) is 1. The van der Waals surface area contributed by atoms with E-state index in [2.05, 4.69) is 10.6 Å². The predicted octanol–water partition coefficient (Wildman–Crippen LogP) is 3.19. The molecule has 7 heteroatoms. The number of anilines is 2. The lowest BCUT2D eigenvalue weighted by Crippen LogP contribution is -2.43. The molecule has 1 heterocycles. The Balaban J connectivity index is 2.03. The summed E-state index contributed by atoms with van der Waals surface area (Å²) in [6, 6.07) is 4.80. The third kappa shape index (κ3) is 5.11. The maximum Gasteiger partial charge on any atom is 0.321 e. The Labute approximate surface area is 141 Å². The number of urea groups is 1. The number of amides is 3. The van der Waals surface area contributed by atoms with Crippen molar-refractivity contribution in [3.8, 4) is 0 Å². The van der Waals surface area contributed by atoms with Gasteiger partial charge in [-0.3, -0.25) is 4.79 Å². The van der Waals surface area contributed by atoms with E-state index in [0.717, 1.165) is 19.4 Å². The van der Waals surface area contributed by atoms with Gasteiger partial charge in [-0.2, -0.15) is 0 Å². The molecule has 0 spiro atoms. The highest BCUT2D eigenvalue weighted by Gasteiger charge is 2.24. The van der Waals surface area contributed by atoms with E-state index in [1.54, 1.807) is 30.2 Å². The van der Waals surface area contributed by atoms with Crippen molar-refractivity contribution in [3.05, 3.63) is 23.2 Å². The second kappa shape index (κ2) is 8.17. The summed E-state index contributed by atoms with van der Waals surface area (Å²) in [5.41, 5.74) is 1.07. The molecule has 1 atom stereocenters.